The summed E-state index contributed by atoms with van der Waals surface area (Å²) in [6, 6.07) is 12.1. The van der Waals surface area contributed by atoms with Crippen LogP contribution in [0.5, 0.6) is 11.5 Å². The average Bonchev–Trinajstić information content (AvgIpc) is 3.00. The van der Waals surface area contributed by atoms with Crippen molar-refractivity contribution in [1.29, 1.82) is 0 Å². The van der Waals surface area contributed by atoms with E-state index in [0.29, 0.717) is 25.4 Å². The zero-order chi connectivity index (χ0) is 18.8. The van der Waals surface area contributed by atoms with E-state index in [-0.39, 0.29) is 5.75 Å². The average molecular weight is 364 g/mol. The lowest BCUT2D eigenvalue weighted by Crippen LogP contribution is -2.27. The zero-order valence-corrected chi connectivity index (χ0v) is 15.7. The molecular formula is C21H24N4O2. The fourth-order valence-electron chi connectivity index (χ4n) is 3.62. The standard InChI is InChI=1S/C21H24N4O2/c1-3-25-20(22-14-23-25)13-24-8-9-27-21-17(12-24)10-16(11-19(21)26)18-7-5-4-6-15(18)2/h4-7,10-11,14,26H,3,8-9,12-13H2,1-2H3. The third-order valence-corrected chi connectivity index (χ3v) is 5.01. The lowest BCUT2D eigenvalue weighted by Gasteiger charge is -2.19. The number of aryl methyl sites for hydroxylation is 2. The third-order valence-electron chi connectivity index (χ3n) is 5.01. The first kappa shape index (κ1) is 17.5. The Labute approximate surface area is 159 Å². The normalized spacial score (nSPS) is 14.4. The van der Waals surface area contributed by atoms with Crippen LogP contribution in [0.25, 0.3) is 11.1 Å². The molecule has 0 fully saturated rings. The number of phenols is 1. The van der Waals surface area contributed by atoms with Gasteiger partial charge in [0.15, 0.2) is 11.5 Å². The van der Waals surface area contributed by atoms with Crippen LogP contribution in [-0.4, -0.2) is 37.9 Å². The number of rotatable bonds is 4. The Morgan fingerprint density at radius 3 is 2.89 bits per heavy atom. The first-order valence-corrected chi connectivity index (χ1v) is 9.29. The number of phenolic OH excluding ortho intramolecular Hbond substituents is 1. The highest BCUT2D eigenvalue weighted by molar-refractivity contribution is 5.71. The molecule has 1 aliphatic rings. The van der Waals surface area contributed by atoms with Crippen molar-refractivity contribution >= 4 is 0 Å². The van der Waals surface area contributed by atoms with Gasteiger partial charge in [0, 0.05) is 25.2 Å². The van der Waals surface area contributed by atoms with E-state index in [9.17, 15) is 5.11 Å². The molecular weight excluding hydrogens is 340 g/mol. The number of hydrogen-bond acceptors (Lipinski definition) is 5. The van der Waals surface area contributed by atoms with Crippen molar-refractivity contribution in [1.82, 2.24) is 19.7 Å². The zero-order valence-electron chi connectivity index (χ0n) is 15.7. The fourth-order valence-corrected chi connectivity index (χ4v) is 3.62. The number of fused-ring (bicyclic) bond motifs is 1. The third kappa shape index (κ3) is 3.53. The Morgan fingerprint density at radius 2 is 2.07 bits per heavy atom. The van der Waals surface area contributed by atoms with Gasteiger partial charge in [-0.15, -0.1) is 0 Å². The molecule has 2 heterocycles. The molecule has 0 aliphatic carbocycles. The second-order valence-electron chi connectivity index (χ2n) is 6.85. The summed E-state index contributed by atoms with van der Waals surface area (Å²) in [6.45, 7) is 7.64. The number of hydrogen-bond donors (Lipinski definition) is 1. The van der Waals surface area contributed by atoms with E-state index in [0.717, 1.165) is 35.6 Å². The highest BCUT2D eigenvalue weighted by Gasteiger charge is 2.21. The number of nitrogens with zero attached hydrogens (tertiary/aromatic N) is 4. The Bertz CT molecular complexity index is 951. The highest BCUT2D eigenvalue weighted by atomic mass is 16.5. The lowest BCUT2D eigenvalue weighted by atomic mass is 9.98. The molecule has 0 saturated heterocycles. The minimum absolute atomic E-state index is 0.198. The molecule has 0 bridgehead atoms. The predicted octanol–water partition coefficient (Wildman–Crippen LogP) is 3.37. The molecule has 1 aromatic heterocycles. The monoisotopic (exact) mass is 364 g/mol. The van der Waals surface area contributed by atoms with E-state index >= 15 is 0 Å². The molecule has 27 heavy (non-hydrogen) atoms. The first-order valence-electron chi connectivity index (χ1n) is 9.29. The Balaban J connectivity index is 1.66. The van der Waals surface area contributed by atoms with Gasteiger partial charge in [-0.1, -0.05) is 24.3 Å². The van der Waals surface area contributed by atoms with E-state index < -0.39 is 0 Å². The number of aromatic nitrogens is 3. The number of ether oxygens (including phenoxy) is 1. The SMILES string of the molecule is CCn1ncnc1CN1CCOc2c(O)cc(-c3ccccc3C)cc2C1. The molecule has 1 N–H and O–H groups in total. The van der Waals surface area contributed by atoms with Crippen molar-refractivity contribution in [2.24, 2.45) is 0 Å². The Kier molecular flexibility index (Phi) is 4.81. The molecule has 0 atom stereocenters. The maximum absolute atomic E-state index is 10.6. The van der Waals surface area contributed by atoms with Gasteiger partial charge in [0.05, 0.1) is 6.54 Å². The summed E-state index contributed by atoms with van der Waals surface area (Å²) in [4.78, 5) is 6.66. The fraction of sp³-hybridized carbons (Fsp3) is 0.333. The quantitative estimate of drug-likeness (QED) is 0.769. The van der Waals surface area contributed by atoms with Gasteiger partial charge in [-0.3, -0.25) is 4.90 Å². The summed E-state index contributed by atoms with van der Waals surface area (Å²) in [5.74, 6) is 1.73. The smallest absolute Gasteiger partial charge is 0.165 e. The molecule has 0 saturated carbocycles. The molecule has 6 heteroatoms. The summed E-state index contributed by atoms with van der Waals surface area (Å²) in [5.41, 5.74) is 4.30. The van der Waals surface area contributed by atoms with Gasteiger partial charge in [-0.2, -0.15) is 5.10 Å². The van der Waals surface area contributed by atoms with Crippen LogP contribution in [0, 0.1) is 6.92 Å². The van der Waals surface area contributed by atoms with Crippen molar-refractivity contribution in [3.8, 4) is 22.6 Å². The van der Waals surface area contributed by atoms with Crippen LogP contribution in [0.2, 0.25) is 0 Å². The number of benzene rings is 2. The van der Waals surface area contributed by atoms with Crippen LogP contribution < -0.4 is 4.74 Å². The molecule has 0 unspecified atom stereocenters. The lowest BCUT2D eigenvalue weighted by molar-refractivity contribution is 0.210. The second kappa shape index (κ2) is 7.40. The summed E-state index contributed by atoms with van der Waals surface area (Å²) in [6.07, 6.45) is 1.60. The van der Waals surface area contributed by atoms with Crippen LogP contribution >= 0.6 is 0 Å². The van der Waals surface area contributed by atoms with Crippen LogP contribution in [0.3, 0.4) is 0 Å². The van der Waals surface area contributed by atoms with Crippen molar-refractivity contribution in [2.75, 3.05) is 13.2 Å². The van der Waals surface area contributed by atoms with Gasteiger partial charge < -0.3 is 9.84 Å². The topological polar surface area (TPSA) is 63.4 Å². The molecule has 3 aromatic rings. The van der Waals surface area contributed by atoms with Crippen molar-refractivity contribution < 1.29 is 9.84 Å². The van der Waals surface area contributed by atoms with Crippen molar-refractivity contribution in [3.63, 3.8) is 0 Å². The van der Waals surface area contributed by atoms with E-state index in [1.165, 1.54) is 5.56 Å². The second-order valence-corrected chi connectivity index (χ2v) is 6.85. The molecule has 0 amide bonds. The van der Waals surface area contributed by atoms with E-state index in [1.807, 2.05) is 16.8 Å². The molecule has 1 aliphatic heterocycles. The van der Waals surface area contributed by atoms with Crippen LogP contribution in [0.15, 0.2) is 42.7 Å². The maximum Gasteiger partial charge on any atom is 0.165 e. The van der Waals surface area contributed by atoms with Crippen LogP contribution in [-0.2, 0) is 19.6 Å². The molecule has 4 rings (SSSR count). The van der Waals surface area contributed by atoms with Gasteiger partial charge >= 0.3 is 0 Å². The molecule has 0 spiro atoms. The van der Waals surface area contributed by atoms with Crippen LogP contribution in [0.1, 0.15) is 23.9 Å². The maximum atomic E-state index is 10.6. The van der Waals surface area contributed by atoms with Gasteiger partial charge in [0.25, 0.3) is 0 Å². The summed E-state index contributed by atoms with van der Waals surface area (Å²) in [5, 5.41) is 14.8. The van der Waals surface area contributed by atoms with Crippen molar-refractivity contribution in [3.05, 3.63) is 59.7 Å². The van der Waals surface area contributed by atoms with Gasteiger partial charge in [0.1, 0.15) is 18.8 Å². The van der Waals surface area contributed by atoms with E-state index in [2.05, 4.69) is 47.0 Å². The van der Waals surface area contributed by atoms with Crippen LogP contribution in [0.4, 0.5) is 0 Å². The predicted molar refractivity (Wildman–Crippen MR) is 104 cm³/mol. The number of aromatic hydroxyl groups is 1. The summed E-state index contributed by atoms with van der Waals surface area (Å²) >= 11 is 0. The Hall–Kier alpha value is -2.86. The largest absolute Gasteiger partial charge is 0.504 e. The summed E-state index contributed by atoms with van der Waals surface area (Å²) in [7, 11) is 0. The van der Waals surface area contributed by atoms with E-state index in [1.54, 1.807) is 12.4 Å². The first-order chi connectivity index (χ1) is 13.2. The minimum Gasteiger partial charge on any atom is -0.504 e. The van der Waals surface area contributed by atoms with E-state index in [4.69, 9.17) is 4.74 Å². The minimum atomic E-state index is 0.198. The van der Waals surface area contributed by atoms with Gasteiger partial charge in [-0.25, -0.2) is 9.67 Å². The Morgan fingerprint density at radius 1 is 1.22 bits per heavy atom. The molecule has 0 radical (unpaired) electrons. The van der Waals surface area contributed by atoms with Crippen molar-refractivity contribution in [2.45, 2.75) is 33.5 Å². The summed E-state index contributed by atoms with van der Waals surface area (Å²) < 4.78 is 7.78. The molecule has 140 valence electrons. The highest BCUT2D eigenvalue weighted by Crippen LogP contribution is 2.38. The molecule has 2 aromatic carbocycles. The van der Waals surface area contributed by atoms with Gasteiger partial charge in [-0.05, 0) is 42.7 Å². The van der Waals surface area contributed by atoms with Gasteiger partial charge in [0.2, 0.25) is 0 Å². The molecule has 6 nitrogen and oxygen atoms in total.